The van der Waals surface area contributed by atoms with Crippen molar-refractivity contribution < 1.29 is 9.59 Å². The second kappa shape index (κ2) is 6.68. The number of benzene rings is 2. The first kappa shape index (κ1) is 16.6. The molecule has 4 N–H and O–H groups in total. The number of rotatable bonds is 3. The summed E-state index contributed by atoms with van der Waals surface area (Å²) >= 11 is 0. The van der Waals surface area contributed by atoms with Crippen molar-refractivity contribution in [2.45, 2.75) is 13.8 Å². The fourth-order valence-corrected chi connectivity index (χ4v) is 2.70. The van der Waals surface area contributed by atoms with Crippen LogP contribution >= 0.6 is 0 Å². The number of anilines is 2. The summed E-state index contributed by atoms with van der Waals surface area (Å²) in [6, 6.07) is 12.3. The third-order valence-corrected chi connectivity index (χ3v) is 4.22. The van der Waals surface area contributed by atoms with Crippen LogP contribution in [0.2, 0.25) is 0 Å². The van der Waals surface area contributed by atoms with Crippen molar-refractivity contribution in [2.24, 2.45) is 0 Å². The summed E-state index contributed by atoms with van der Waals surface area (Å²) in [7, 11) is 1.55. The number of aryl methyl sites for hydroxylation is 2. The Kier molecular flexibility index (Phi) is 4.43. The predicted octanol–water partition coefficient (Wildman–Crippen LogP) is 3.79. The zero-order chi connectivity index (χ0) is 18.0. The summed E-state index contributed by atoms with van der Waals surface area (Å²) in [5.41, 5.74) is 4.95. The van der Waals surface area contributed by atoms with Gasteiger partial charge in [0.2, 0.25) is 0 Å². The predicted molar refractivity (Wildman–Crippen MR) is 100 cm³/mol. The van der Waals surface area contributed by atoms with Crippen LogP contribution in [0.4, 0.5) is 16.2 Å². The Labute approximate surface area is 145 Å². The molecule has 0 aliphatic heterocycles. The van der Waals surface area contributed by atoms with Crippen LogP contribution in [0.15, 0.2) is 42.5 Å². The molecule has 0 saturated heterocycles. The van der Waals surface area contributed by atoms with Crippen molar-refractivity contribution in [3.05, 3.63) is 59.3 Å². The summed E-state index contributed by atoms with van der Waals surface area (Å²) < 4.78 is 0. The normalized spacial score (nSPS) is 10.5. The molecule has 0 unspecified atom stereocenters. The first-order valence-electron chi connectivity index (χ1n) is 7.97. The van der Waals surface area contributed by atoms with Gasteiger partial charge in [-0.3, -0.25) is 4.79 Å². The highest BCUT2D eigenvalue weighted by Crippen LogP contribution is 2.25. The van der Waals surface area contributed by atoms with E-state index in [0.717, 1.165) is 22.2 Å². The lowest BCUT2D eigenvalue weighted by Crippen LogP contribution is -2.24. The van der Waals surface area contributed by atoms with Crippen molar-refractivity contribution in [2.75, 3.05) is 17.7 Å². The lowest BCUT2D eigenvalue weighted by Gasteiger charge is -2.08. The van der Waals surface area contributed by atoms with Gasteiger partial charge in [0.05, 0.1) is 11.1 Å². The molecule has 6 nitrogen and oxygen atoms in total. The summed E-state index contributed by atoms with van der Waals surface area (Å²) in [4.78, 5) is 27.2. The Balaban J connectivity index is 1.81. The molecule has 3 amide bonds. The Morgan fingerprint density at radius 3 is 2.20 bits per heavy atom. The average Bonchev–Trinajstić information content (AvgIpc) is 2.91. The fraction of sp³-hybridized carbons (Fsp3) is 0.158. The number of hydrogen-bond acceptors (Lipinski definition) is 2. The number of aromatic amines is 1. The topological polar surface area (TPSA) is 86.0 Å². The molecular weight excluding hydrogens is 316 g/mol. The van der Waals surface area contributed by atoms with E-state index in [-0.39, 0.29) is 11.9 Å². The van der Waals surface area contributed by atoms with Gasteiger partial charge in [-0.1, -0.05) is 12.1 Å². The van der Waals surface area contributed by atoms with E-state index in [1.54, 1.807) is 37.4 Å². The Morgan fingerprint density at radius 1 is 0.920 bits per heavy atom. The number of urea groups is 1. The molecule has 6 heteroatoms. The third kappa shape index (κ3) is 3.33. The molecule has 0 fully saturated rings. The molecule has 0 spiro atoms. The van der Waals surface area contributed by atoms with Crippen molar-refractivity contribution in [1.29, 1.82) is 0 Å². The SMILES string of the molecule is CNC(=O)Nc1ccc(NC(=O)c2cccc3c(C)c(C)[nH]c23)cc1. The fourth-order valence-electron chi connectivity index (χ4n) is 2.70. The van der Waals surface area contributed by atoms with Crippen LogP contribution in [0.1, 0.15) is 21.6 Å². The summed E-state index contributed by atoms with van der Waals surface area (Å²) in [5, 5.41) is 9.09. The molecule has 0 aliphatic rings. The van der Waals surface area contributed by atoms with Gasteiger partial charge in [0.1, 0.15) is 0 Å². The van der Waals surface area contributed by atoms with E-state index in [0.29, 0.717) is 16.9 Å². The largest absolute Gasteiger partial charge is 0.358 e. The standard InChI is InChI=1S/C19H20N4O2/c1-11-12(2)21-17-15(11)5-4-6-16(17)18(24)22-13-7-9-14(10-8-13)23-19(25)20-3/h4-10,21H,1-3H3,(H,22,24)(H2,20,23,25). The quantitative estimate of drug-likeness (QED) is 0.586. The van der Waals surface area contributed by atoms with Gasteiger partial charge in [-0.05, 0) is 49.7 Å². The highest BCUT2D eigenvalue weighted by molar-refractivity contribution is 6.12. The van der Waals surface area contributed by atoms with Crippen molar-refractivity contribution >= 4 is 34.2 Å². The smallest absolute Gasteiger partial charge is 0.318 e. The zero-order valence-corrected chi connectivity index (χ0v) is 14.4. The van der Waals surface area contributed by atoms with E-state index in [1.165, 1.54) is 0 Å². The minimum Gasteiger partial charge on any atom is -0.358 e. The van der Waals surface area contributed by atoms with Crippen molar-refractivity contribution in [3.8, 4) is 0 Å². The molecule has 1 heterocycles. The summed E-state index contributed by atoms with van der Waals surface area (Å²) in [6.07, 6.45) is 0. The van der Waals surface area contributed by atoms with Gasteiger partial charge in [0, 0.05) is 29.5 Å². The van der Waals surface area contributed by atoms with Gasteiger partial charge in [0.15, 0.2) is 0 Å². The van der Waals surface area contributed by atoms with E-state index in [4.69, 9.17) is 0 Å². The van der Waals surface area contributed by atoms with Gasteiger partial charge in [-0.2, -0.15) is 0 Å². The first-order chi connectivity index (χ1) is 12.0. The summed E-state index contributed by atoms with van der Waals surface area (Å²) in [5.74, 6) is -0.182. The number of amides is 3. The molecule has 25 heavy (non-hydrogen) atoms. The molecule has 0 bridgehead atoms. The maximum Gasteiger partial charge on any atom is 0.318 e. The number of fused-ring (bicyclic) bond motifs is 1. The second-order valence-corrected chi connectivity index (χ2v) is 5.84. The van der Waals surface area contributed by atoms with Crippen LogP contribution in [-0.4, -0.2) is 24.0 Å². The van der Waals surface area contributed by atoms with Crippen molar-refractivity contribution in [1.82, 2.24) is 10.3 Å². The number of carbonyl (C=O) groups excluding carboxylic acids is 2. The van der Waals surface area contributed by atoms with E-state index in [1.807, 2.05) is 26.0 Å². The lowest BCUT2D eigenvalue weighted by molar-refractivity contribution is 0.102. The average molecular weight is 336 g/mol. The van der Waals surface area contributed by atoms with Crippen LogP contribution in [0.5, 0.6) is 0 Å². The first-order valence-corrected chi connectivity index (χ1v) is 7.97. The van der Waals surface area contributed by atoms with E-state index in [2.05, 4.69) is 20.9 Å². The van der Waals surface area contributed by atoms with Crippen LogP contribution in [0.3, 0.4) is 0 Å². The number of para-hydroxylation sites is 1. The number of hydrogen-bond donors (Lipinski definition) is 4. The van der Waals surface area contributed by atoms with Gasteiger partial charge >= 0.3 is 6.03 Å². The van der Waals surface area contributed by atoms with Crippen LogP contribution in [-0.2, 0) is 0 Å². The highest BCUT2D eigenvalue weighted by atomic mass is 16.2. The van der Waals surface area contributed by atoms with Gasteiger partial charge in [0.25, 0.3) is 5.91 Å². The Morgan fingerprint density at radius 2 is 1.56 bits per heavy atom. The Hall–Kier alpha value is -3.28. The van der Waals surface area contributed by atoms with Gasteiger partial charge in [-0.15, -0.1) is 0 Å². The number of H-pyrrole nitrogens is 1. The molecule has 3 aromatic rings. The zero-order valence-electron chi connectivity index (χ0n) is 14.4. The number of nitrogens with one attached hydrogen (secondary N) is 4. The van der Waals surface area contributed by atoms with Crippen molar-refractivity contribution in [3.63, 3.8) is 0 Å². The van der Waals surface area contributed by atoms with Crippen LogP contribution < -0.4 is 16.0 Å². The molecule has 0 saturated carbocycles. The molecule has 128 valence electrons. The van der Waals surface area contributed by atoms with E-state index >= 15 is 0 Å². The lowest BCUT2D eigenvalue weighted by atomic mass is 10.1. The minimum atomic E-state index is -0.291. The maximum atomic E-state index is 12.6. The molecule has 0 aliphatic carbocycles. The summed E-state index contributed by atoms with van der Waals surface area (Å²) in [6.45, 7) is 4.03. The van der Waals surface area contributed by atoms with Crippen LogP contribution in [0.25, 0.3) is 10.9 Å². The van der Waals surface area contributed by atoms with E-state index < -0.39 is 0 Å². The molecule has 3 rings (SSSR count). The molecule has 0 radical (unpaired) electrons. The Bertz CT molecular complexity index is 942. The number of carbonyl (C=O) groups is 2. The number of aromatic nitrogens is 1. The molecule has 1 aromatic heterocycles. The maximum absolute atomic E-state index is 12.6. The van der Waals surface area contributed by atoms with E-state index in [9.17, 15) is 9.59 Å². The third-order valence-electron chi connectivity index (χ3n) is 4.22. The van der Waals surface area contributed by atoms with Gasteiger partial charge in [-0.25, -0.2) is 4.79 Å². The molecule has 0 atom stereocenters. The molecular formula is C19H20N4O2. The minimum absolute atomic E-state index is 0.182. The van der Waals surface area contributed by atoms with Crippen LogP contribution in [0, 0.1) is 13.8 Å². The second-order valence-electron chi connectivity index (χ2n) is 5.84. The highest BCUT2D eigenvalue weighted by Gasteiger charge is 2.14. The molecule has 2 aromatic carbocycles. The van der Waals surface area contributed by atoms with Gasteiger partial charge < -0.3 is 20.9 Å². The monoisotopic (exact) mass is 336 g/mol.